The number of guanidine groups is 1. The molecule has 1 aromatic carbocycles. The lowest BCUT2D eigenvalue weighted by atomic mass is 10.1. The summed E-state index contributed by atoms with van der Waals surface area (Å²) in [5, 5.41) is 11.9. The van der Waals surface area contributed by atoms with Crippen LogP contribution in [0.2, 0.25) is 0 Å². The zero-order chi connectivity index (χ0) is 22.8. The first-order valence-corrected chi connectivity index (χ1v) is 9.84. The molecule has 0 aliphatic rings. The van der Waals surface area contributed by atoms with E-state index >= 15 is 0 Å². The van der Waals surface area contributed by atoms with Crippen molar-refractivity contribution in [1.29, 1.82) is 0 Å². The highest BCUT2D eigenvalue weighted by Gasteiger charge is 2.24. The SMILES string of the molecule is CN=C(NCCNC(=O)c1ccc(OC)cc1)NCC(C)(C)NC(=O)OC(C)(C)C.I. The molecule has 0 spiro atoms. The van der Waals surface area contributed by atoms with Crippen molar-refractivity contribution in [3.05, 3.63) is 29.8 Å². The molecule has 0 aliphatic heterocycles. The zero-order valence-electron chi connectivity index (χ0n) is 19.4. The van der Waals surface area contributed by atoms with Gasteiger partial charge in [0, 0.05) is 32.2 Å². The molecule has 0 radical (unpaired) electrons. The van der Waals surface area contributed by atoms with E-state index in [9.17, 15) is 9.59 Å². The Kier molecular flexibility index (Phi) is 12.3. The predicted octanol–water partition coefficient (Wildman–Crippen LogP) is 2.51. The van der Waals surface area contributed by atoms with Crippen LogP contribution in [0.25, 0.3) is 0 Å². The maximum absolute atomic E-state index is 12.1. The van der Waals surface area contributed by atoms with E-state index in [1.807, 2.05) is 34.6 Å². The Hall–Kier alpha value is -2.24. The van der Waals surface area contributed by atoms with E-state index in [1.54, 1.807) is 38.4 Å². The minimum Gasteiger partial charge on any atom is -0.497 e. The van der Waals surface area contributed by atoms with Gasteiger partial charge in [-0.3, -0.25) is 9.79 Å². The van der Waals surface area contributed by atoms with Crippen LogP contribution in [-0.2, 0) is 4.74 Å². The van der Waals surface area contributed by atoms with Crippen molar-refractivity contribution in [3.8, 4) is 5.75 Å². The van der Waals surface area contributed by atoms with Crippen molar-refractivity contribution in [2.75, 3.05) is 33.8 Å². The number of rotatable bonds is 8. The van der Waals surface area contributed by atoms with E-state index in [2.05, 4.69) is 26.3 Å². The number of aliphatic imine (C=N–C) groups is 1. The van der Waals surface area contributed by atoms with Gasteiger partial charge < -0.3 is 30.7 Å². The molecule has 4 N–H and O–H groups in total. The number of nitrogens with zero attached hydrogens (tertiary/aromatic N) is 1. The maximum Gasteiger partial charge on any atom is 0.408 e. The number of nitrogens with one attached hydrogen (secondary N) is 4. The summed E-state index contributed by atoms with van der Waals surface area (Å²) in [7, 11) is 3.23. The highest BCUT2D eigenvalue weighted by Crippen LogP contribution is 2.11. The van der Waals surface area contributed by atoms with E-state index in [0.717, 1.165) is 0 Å². The Morgan fingerprint density at radius 3 is 2.06 bits per heavy atom. The summed E-state index contributed by atoms with van der Waals surface area (Å²) in [6, 6.07) is 6.90. The van der Waals surface area contributed by atoms with Crippen molar-refractivity contribution in [2.24, 2.45) is 4.99 Å². The topological polar surface area (TPSA) is 113 Å². The van der Waals surface area contributed by atoms with Crippen molar-refractivity contribution >= 4 is 41.9 Å². The molecule has 0 bridgehead atoms. The lowest BCUT2D eigenvalue weighted by Gasteiger charge is -2.29. The molecule has 0 aliphatic carbocycles. The van der Waals surface area contributed by atoms with Gasteiger partial charge >= 0.3 is 6.09 Å². The number of carbonyl (C=O) groups is 2. The van der Waals surface area contributed by atoms with Crippen LogP contribution in [0.1, 0.15) is 45.0 Å². The van der Waals surface area contributed by atoms with Gasteiger partial charge in [-0.25, -0.2) is 4.79 Å². The number of ether oxygens (including phenoxy) is 2. The highest BCUT2D eigenvalue weighted by atomic mass is 127. The standard InChI is InChI=1S/C21H35N5O4.HI/c1-20(2,3)30-19(28)26-21(4,5)14-25-18(22-6)24-13-12-23-17(27)15-8-10-16(29-7)11-9-15;/h8-11H,12-14H2,1-7H3,(H,23,27)(H,26,28)(H2,22,24,25);1H. The van der Waals surface area contributed by atoms with Crippen LogP contribution >= 0.6 is 24.0 Å². The number of amides is 2. The summed E-state index contributed by atoms with van der Waals surface area (Å²) >= 11 is 0. The Morgan fingerprint density at radius 2 is 1.55 bits per heavy atom. The third-order valence-corrected chi connectivity index (χ3v) is 3.82. The molecule has 10 heteroatoms. The molecule has 0 saturated carbocycles. The van der Waals surface area contributed by atoms with Crippen LogP contribution in [0.4, 0.5) is 4.79 Å². The van der Waals surface area contributed by atoms with Gasteiger partial charge in [0.05, 0.1) is 12.6 Å². The summed E-state index contributed by atoms with van der Waals surface area (Å²) in [4.78, 5) is 28.2. The molecule has 0 atom stereocenters. The van der Waals surface area contributed by atoms with Crippen molar-refractivity contribution in [3.63, 3.8) is 0 Å². The van der Waals surface area contributed by atoms with Crippen LogP contribution in [0.3, 0.4) is 0 Å². The first-order chi connectivity index (χ1) is 14.0. The zero-order valence-corrected chi connectivity index (χ0v) is 21.7. The molecular weight excluding hydrogens is 513 g/mol. The quantitative estimate of drug-likeness (QED) is 0.172. The fourth-order valence-corrected chi connectivity index (χ4v) is 2.35. The van der Waals surface area contributed by atoms with Crippen LogP contribution in [0.15, 0.2) is 29.3 Å². The molecular formula is C21H36IN5O4. The third-order valence-electron chi connectivity index (χ3n) is 3.82. The Balaban J connectivity index is 0.00000900. The van der Waals surface area contributed by atoms with Crippen LogP contribution in [0.5, 0.6) is 5.75 Å². The smallest absolute Gasteiger partial charge is 0.408 e. The molecule has 176 valence electrons. The van der Waals surface area contributed by atoms with Crippen molar-refractivity contribution < 1.29 is 19.1 Å². The number of alkyl carbamates (subject to hydrolysis) is 1. The van der Waals surface area contributed by atoms with Gasteiger partial charge in [-0.2, -0.15) is 0 Å². The van der Waals surface area contributed by atoms with Crippen LogP contribution < -0.4 is 26.0 Å². The van der Waals surface area contributed by atoms with Gasteiger partial charge in [0.25, 0.3) is 5.91 Å². The van der Waals surface area contributed by atoms with Gasteiger partial charge in [0.15, 0.2) is 5.96 Å². The maximum atomic E-state index is 12.1. The Morgan fingerprint density at radius 1 is 0.968 bits per heavy atom. The molecule has 1 rings (SSSR count). The number of carbonyl (C=O) groups excluding carboxylic acids is 2. The van der Waals surface area contributed by atoms with Crippen LogP contribution in [-0.4, -0.2) is 62.9 Å². The summed E-state index contributed by atoms with van der Waals surface area (Å²) in [5.41, 5.74) is -0.544. The largest absolute Gasteiger partial charge is 0.497 e. The molecule has 0 aromatic heterocycles. The number of benzene rings is 1. The molecule has 31 heavy (non-hydrogen) atoms. The first kappa shape index (κ1) is 28.8. The summed E-state index contributed by atoms with van der Waals surface area (Å²) in [5.74, 6) is 1.10. The fourth-order valence-electron chi connectivity index (χ4n) is 2.35. The fraction of sp³-hybridized carbons (Fsp3) is 0.571. The van der Waals surface area contributed by atoms with E-state index in [1.165, 1.54) is 0 Å². The van der Waals surface area contributed by atoms with E-state index in [-0.39, 0.29) is 29.9 Å². The molecule has 9 nitrogen and oxygen atoms in total. The van der Waals surface area contributed by atoms with E-state index < -0.39 is 17.2 Å². The second kappa shape index (κ2) is 13.2. The summed E-state index contributed by atoms with van der Waals surface area (Å²) in [6.45, 7) is 10.6. The van der Waals surface area contributed by atoms with Crippen molar-refractivity contribution in [2.45, 2.75) is 45.8 Å². The minimum atomic E-state index is -0.554. The number of hydrogen-bond donors (Lipinski definition) is 4. The average molecular weight is 549 g/mol. The van der Waals surface area contributed by atoms with Gasteiger partial charge in [0.1, 0.15) is 11.4 Å². The summed E-state index contributed by atoms with van der Waals surface area (Å²) < 4.78 is 10.4. The van der Waals surface area contributed by atoms with E-state index in [0.29, 0.717) is 36.9 Å². The second-order valence-electron chi connectivity index (χ2n) is 8.35. The Bertz CT molecular complexity index is 730. The highest BCUT2D eigenvalue weighted by molar-refractivity contribution is 14.0. The summed E-state index contributed by atoms with van der Waals surface area (Å²) in [6.07, 6.45) is -0.474. The molecule has 1 aromatic rings. The second-order valence-corrected chi connectivity index (χ2v) is 8.35. The van der Waals surface area contributed by atoms with Gasteiger partial charge in [-0.1, -0.05) is 0 Å². The lowest BCUT2D eigenvalue weighted by molar-refractivity contribution is 0.0473. The first-order valence-electron chi connectivity index (χ1n) is 9.84. The van der Waals surface area contributed by atoms with E-state index in [4.69, 9.17) is 9.47 Å². The molecule has 0 fully saturated rings. The number of hydrogen-bond acceptors (Lipinski definition) is 5. The average Bonchev–Trinajstić information content (AvgIpc) is 2.65. The Labute approximate surface area is 202 Å². The van der Waals surface area contributed by atoms with Crippen molar-refractivity contribution in [1.82, 2.24) is 21.3 Å². The molecule has 0 heterocycles. The molecule has 0 saturated heterocycles. The predicted molar refractivity (Wildman–Crippen MR) is 134 cm³/mol. The number of halogens is 1. The van der Waals surface area contributed by atoms with Crippen LogP contribution in [0, 0.1) is 0 Å². The normalized spacial score (nSPS) is 11.6. The van der Waals surface area contributed by atoms with Gasteiger partial charge in [-0.15, -0.1) is 24.0 Å². The third kappa shape index (κ3) is 12.3. The monoisotopic (exact) mass is 549 g/mol. The molecule has 2 amide bonds. The number of methoxy groups -OCH3 is 1. The van der Waals surface area contributed by atoms with Gasteiger partial charge in [0.2, 0.25) is 0 Å². The molecule has 0 unspecified atom stereocenters. The van der Waals surface area contributed by atoms with Gasteiger partial charge in [-0.05, 0) is 58.9 Å². The minimum absolute atomic E-state index is 0. The lowest BCUT2D eigenvalue weighted by Crippen LogP contribution is -2.54.